The van der Waals surface area contributed by atoms with Crippen molar-refractivity contribution < 1.29 is 14.6 Å². The number of carbonyl (C=O) groups is 1. The van der Waals surface area contributed by atoms with Crippen molar-refractivity contribution in [2.45, 2.75) is 13.5 Å². The minimum Gasteiger partial charge on any atom is -0.476 e. The summed E-state index contributed by atoms with van der Waals surface area (Å²) in [5.74, 6) is -1.02. The highest BCUT2D eigenvalue weighted by Gasteiger charge is 2.11. The maximum Gasteiger partial charge on any atom is 0.356 e. The molecule has 1 N–H and O–H groups in total. The summed E-state index contributed by atoms with van der Waals surface area (Å²) in [6.45, 7) is 2.34. The van der Waals surface area contributed by atoms with E-state index in [4.69, 9.17) is 9.84 Å². The molecule has 0 spiro atoms. The minimum atomic E-state index is -1.02. The van der Waals surface area contributed by atoms with Gasteiger partial charge in [-0.15, -0.1) is 0 Å². The van der Waals surface area contributed by atoms with E-state index in [0.29, 0.717) is 6.61 Å². The highest BCUT2D eigenvalue weighted by Crippen LogP contribution is 2.14. The Hall–Kier alpha value is -2.14. The van der Waals surface area contributed by atoms with Crippen LogP contribution in [0.15, 0.2) is 30.3 Å². The fourth-order valence-corrected chi connectivity index (χ4v) is 1.79. The van der Waals surface area contributed by atoms with Crippen LogP contribution in [0.2, 0.25) is 0 Å². The molecule has 2 aromatic rings. The first-order chi connectivity index (χ1) is 8.61. The molecule has 0 saturated heterocycles. The standard InChI is InChI=1S/C13H14N2O3/c1-9-6-12(13(16)17)14-15(9)11-5-3-4-10(7-11)8-18-2/h3-7H,8H2,1-2H3,(H,16,17). The van der Waals surface area contributed by atoms with Crippen LogP contribution in [0.3, 0.4) is 0 Å². The average Bonchev–Trinajstić information content (AvgIpc) is 2.72. The van der Waals surface area contributed by atoms with Crippen LogP contribution < -0.4 is 0 Å². The number of benzene rings is 1. The molecular formula is C13H14N2O3. The van der Waals surface area contributed by atoms with Crippen LogP contribution in [0.25, 0.3) is 5.69 Å². The largest absolute Gasteiger partial charge is 0.476 e. The molecule has 0 aliphatic carbocycles. The van der Waals surface area contributed by atoms with Gasteiger partial charge in [-0.25, -0.2) is 9.48 Å². The second-order valence-electron chi connectivity index (χ2n) is 3.99. The summed E-state index contributed by atoms with van der Waals surface area (Å²) < 4.78 is 6.68. The predicted molar refractivity (Wildman–Crippen MR) is 66.0 cm³/mol. The smallest absolute Gasteiger partial charge is 0.356 e. The zero-order valence-electron chi connectivity index (χ0n) is 10.3. The summed E-state index contributed by atoms with van der Waals surface area (Å²) in [6, 6.07) is 9.19. The highest BCUT2D eigenvalue weighted by molar-refractivity contribution is 5.85. The normalized spacial score (nSPS) is 10.6. The van der Waals surface area contributed by atoms with Gasteiger partial charge in [0.1, 0.15) is 0 Å². The Labute approximate surface area is 105 Å². The molecule has 0 fully saturated rings. The molecule has 1 aromatic heterocycles. The molecule has 0 atom stereocenters. The van der Waals surface area contributed by atoms with Crippen molar-refractivity contribution in [3.05, 3.63) is 47.3 Å². The topological polar surface area (TPSA) is 64.4 Å². The van der Waals surface area contributed by atoms with Gasteiger partial charge in [-0.3, -0.25) is 0 Å². The van der Waals surface area contributed by atoms with Crippen LogP contribution in [0, 0.1) is 6.92 Å². The van der Waals surface area contributed by atoms with Gasteiger partial charge >= 0.3 is 5.97 Å². The molecule has 0 unspecified atom stereocenters. The van der Waals surface area contributed by atoms with Crippen molar-refractivity contribution in [1.29, 1.82) is 0 Å². The van der Waals surface area contributed by atoms with E-state index in [0.717, 1.165) is 16.9 Å². The Morgan fingerprint density at radius 3 is 2.83 bits per heavy atom. The van der Waals surface area contributed by atoms with E-state index in [9.17, 15) is 4.79 Å². The van der Waals surface area contributed by atoms with Gasteiger partial charge in [-0.1, -0.05) is 12.1 Å². The monoisotopic (exact) mass is 246 g/mol. The number of rotatable bonds is 4. The first kappa shape index (κ1) is 12.3. The van der Waals surface area contributed by atoms with E-state index >= 15 is 0 Å². The first-order valence-corrected chi connectivity index (χ1v) is 5.50. The molecule has 5 nitrogen and oxygen atoms in total. The van der Waals surface area contributed by atoms with Crippen LogP contribution in [0.4, 0.5) is 0 Å². The Kier molecular flexibility index (Phi) is 3.43. The van der Waals surface area contributed by atoms with Gasteiger partial charge in [0.15, 0.2) is 5.69 Å². The van der Waals surface area contributed by atoms with E-state index < -0.39 is 5.97 Å². The van der Waals surface area contributed by atoms with Crippen LogP contribution in [0.5, 0.6) is 0 Å². The molecule has 0 radical (unpaired) electrons. The van der Waals surface area contributed by atoms with Gasteiger partial charge in [0, 0.05) is 12.8 Å². The van der Waals surface area contributed by atoms with Crippen LogP contribution >= 0.6 is 0 Å². The molecule has 94 valence electrons. The number of aryl methyl sites for hydroxylation is 1. The molecule has 2 rings (SSSR count). The summed E-state index contributed by atoms with van der Waals surface area (Å²) in [5, 5.41) is 13.0. The molecule has 0 bridgehead atoms. The van der Waals surface area contributed by atoms with E-state index in [1.165, 1.54) is 0 Å². The average molecular weight is 246 g/mol. The number of methoxy groups -OCH3 is 1. The Balaban J connectivity index is 2.41. The van der Waals surface area contributed by atoms with Gasteiger partial charge < -0.3 is 9.84 Å². The van der Waals surface area contributed by atoms with Crippen molar-refractivity contribution >= 4 is 5.97 Å². The second-order valence-corrected chi connectivity index (χ2v) is 3.99. The Morgan fingerprint density at radius 1 is 1.44 bits per heavy atom. The van der Waals surface area contributed by atoms with Gasteiger partial charge in [0.05, 0.1) is 12.3 Å². The number of aromatic nitrogens is 2. The SMILES string of the molecule is COCc1cccc(-n2nc(C(=O)O)cc2C)c1. The minimum absolute atomic E-state index is 0.0460. The Morgan fingerprint density at radius 2 is 2.22 bits per heavy atom. The van der Waals surface area contributed by atoms with Crippen LogP contribution in [0.1, 0.15) is 21.7 Å². The molecule has 5 heteroatoms. The zero-order valence-corrected chi connectivity index (χ0v) is 10.3. The quantitative estimate of drug-likeness (QED) is 0.896. The van der Waals surface area contributed by atoms with E-state index in [1.807, 2.05) is 31.2 Å². The van der Waals surface area contributed by atoms with Gasteiger partial charge in [-0.2, -0.15) is 5.10 Å². The Bertz CT molecular complexity index is 575. The third kappa shape index (κ3) is 2.41. The summed E-state index contributed by atoms with van der Waals surface area (Å²) in [4.78, 5) is 10.9. The molecule has 0 aliphatic rings. The zero-order chi connectivity index (χ0) is 13.1. The van der Waals surface area contributed by atoms with E-state index in [1.54, 1.807) is 17.9 Å². The maximum absolute atomic E-state index is 10.9. The van der Waals surface area contributed by atoms with Crippen molar-refractivity contribution in [2.75, 3.05) is 7.11 Å². The van der Waals surface area contributed by atoms with E-state index in [-0.39, 0.29) is 5.69 Å². The number of carboxylic acids is 1. The van der Waals surface area contributed by atoms with Crippen molar-refractivity contribution in [1.82, 2.24) is 9.78 Å². The maximum atomic E-state index is 10.9. The fraction of sp³-hybridized carbons (Fsp3) is 0.231. The number of nitrogens with zero attached hydrogens (tertiary/aromatic N) is 2. The molecule has 18 heavy (non-hydrogen) atoms. The first-order valence-electron chi connectivity index (χ1n) is 5.50. The highest BCUT2D eigenvalue weighted by atomic mass is 16.5. The van der Waals surface area contributed by atoms with Gasteiger partial charge in [0.25, 0.3) is 0 Å². The lowest BCUT2D eigenvalue weighted by molar-refractivity contribution is 0.0690. The summed E-state index contributed by atoms with van der Waals surface area (Å²) in [7, 11) is 1.63. The van der Waals surface area contributed by atoms with Crippen molar-refractivity contribution in [2.24, 2.45) is 0 Å². The lowest BCUT2D eigenvalue weighted by Gasteiger charge is -2.06. The molecular weight excluding hydrogens is 232 g/mol. The second kappa shape index (κ2) is 5.01. The summed E-state index contributed by atoms with van der Waals surface area (Å²) in [6.07, 6.45) is 0. The number of carboxylic acid groups (broad SMARTS) is 1. The molecule has 1 heterocycles. The fourth-order valence-electron chi connectivity index (χ4n) is 1.79. The molecule has 0 aliphatic heterocycles. The van der Waals surface area contributed by atoms with Crippen molar-refractivity contribution in [3.63, 3.8) is 0 Å². The predicted octanol–water partition coefficient (Wildman–Crippen LogP) is 2.03. The van der Waals surface area contributed by atoms with Crippen LogP contribution in [-0.4, -0.2) is 28.0 Å². The lowest BCUT2D eigenvalue weighted by atomic mass is 10.2. The van der Waals surface area contributed by atoms with Gasteiger partial charge in [-0.05, 0) is 30.7 Å². The van der Waals surface area contributed by atoms with Gasteiger partial charge in [0.2, 0.25) is 0 Å². The van der Waals surface area contributed by atoms with E-state index in [2.05, 4.69) is 5.10 Å². The third-order valence-electron chi connectivity index (χ3n) is 2.57. The molecule has 0 amide bonds. The third-order valence-corrected chi connectivity index (χ3v) is 2.57. The molecule has 0 saturated carbocycles. The number of hydrogen-bond donors (Lipinski definition) is 1. The number of ether oxygens (including phenoxy) is 1. The number of aromatic carboxylic acids is 1. The van der Waals surface area contributed by atoms with Crippen molar-refractivity contribution in [3.8, 4) is 5.69 Å². The molecule has 1 aromatic carbocycles. The lowest BCUT2D eigenvalue weighted by Crippen LogP contribution is -2.03. The number of hydrogen-bond acceptors (Lipinski definition) is 3. The van der Waals surface area contributed by atoms with Crippen LogP contribution in [-0.2, 0) is 11.3 Å². The summed E-state index contributed by atoms with van der Waals surface area (Å²) in [5.41, 5.74) is 2.67. The summed E-state index contributed by atoms with van der Waals surface area (Å²) >= 11 is 0.